The molecule has 1 saturated heterocycles. The van der Waals surface area contributed by atoms with E-state index in [1.807, 2.05) is 37.4 Å². The molecule has 0 aliphatic carbocycles. The van der Waals surface area contributed by atoms with Gasteiger partial charge in [-0.15, -0.1) is 0 Å². The van der Waals surface area contributed by atoms with Crippen LogP contribution in [-0.2, 0) is 23.0 Å². The molecule has 1 aliphatic rings. The van der Waals surface area contributed by atoms with Crippen LogP contribution in [-0.4, -0.2) is 36.8 Å². The van der Waals surface area contributed by atoms with Crippen molar-refractivity contribution < 1.29 is 9.53 Å². The van der Waals surface area contributed by atoms with Gasteiger partial charge in [0.25, 0.3) is 0 Å². The van der Waals surface area contributed by atoms with E-state index in [4.69, 9.17) is 4.74 Å². The zero-order valence-electron chi connectivity index (χ0n) is 15.9. The number of hydrogen-bond donors (Lipinski definition) is 1. The predicted molar refractivity (Wildman–Crippen MR) is 109 cm³/mol. The number of amides is 1. The molecule has 0 unspecified atom stereocenters. The summed E-state index contributed by atoms with van der Waals surface area (Å²) in [7, 11) is 2.05. The average molecular weight is 363 g/mol. The first-order valence-electron chi connectivity index (χ1n) is 9.39. The van der Waals surface area contributed by atoms with Gasteiger partial charge < -0.3 is 19.5 Å². The molecule has 0 saturated carbocycles. The van der Waals surface area contributed by atoms with Crippen molar-refractivity contribution in [1.29, 1.82) is 0 Å². The van der Waals surface area contributed by atoms with Gasteiger partial charge in [0.05, 0.1) is 31.0 Å². The minimum Gasteiger partial charge on any atom is -0.378 e. The number of para-hydroxylation sites is 3. The highest BCUT2D eigenvalue weighted by molar-refractivity contribution is 5.98. The van der Waals surface area contributed by atoms with E-state index in [0.29, 0.717) is 6.42 Å². The summed E-state index contributed by atoms with van der Waals surface area (Å²) in [5.41, 5.74) is 5.31. The number of benzene rings is 2. The lowest BCUT2D eigenvalue weighted by molar-refractivity contribution is -0.115. The van der Waals surface area contributed by atoms with E-state index >= 15 is 0 Å². The Morgan fingerprint density at radius 2 is 1.78 bits per heavy atom. The van der Waals surface area contributed by atoms with Crippen molar-refractivity contribution in [3.8, 4) is 0 Å². The largest absolute Gasteiger partial charge is 0.378 e. The fraction of sp³-hybridized carbons (Fsp3) is 0.318. The van der Waals surface area contributed by atoms with Gasteiger partial charge in [0, 0.05) is 36.7 Å². The molecule has 0 atom stereocenters. The van der Waals surface area contributed by atoms with Crippen LogP contribution in [0.15, 0.2) is 48.5 Å². The summed E-state index contributed by atoms with van der Waals surface area (Å²) in [6, 6.07) is 16.2. The number of carbonyl (C=O) groups excluding carboxylic acids is 1. The van der Waals surface area contributed by atoms with Gasteiger partial charge in [-0.2, -0.15) is 0 Å². The van der Waals surface area contributed by atoms with Crippen molar-refractivity contribution in [3.05, 3.63) is 59.8 Å². The molecule has 5 heteroatoms. The third-order valence-corrected chi connectivity index (χ3v) is 5.40. The highest BCUT2D eigenvalue weighted by atomic mass is 16.5. The first-order chi connectivity index (χ1) is 13.1. The van der Waals surface area contributed by atoms with E-state index in [2.05, 4.69) is 39.9 Å². The number of fused-ring (bicyclic) bond motifs is 1. The molecule has 3 aromatic rings. The zero-order chi connectivity index (χ0) is 18.8. The molecule has 1 aliphatic heterocycles. The smallest absolute Gasteiger partial charge is 0.228 e. The average Bonchev–Trinajstić information content (AvgIpc) is 2.94. The second-order valence-electron chi connectivity index (χ2n) is 6.98. The first kappa shape index (κ1) is 17.6. The molecule has 0 bridgehead atoms. The lowest BCUT2D eigenvalue weighted by Gasteiger charge is -2.30. The zero-order valence-corrected chi connectivity index (χ0v) is 15.9. The molecule has 0 radical (unpaired) electrons. The van der Waals surface area contributed by atoms with Gasteiger partial charge in [-0.3, -0.25) is 4.79 Å². The summed E-state index contributed by atoms with van der Waals surface area (Å²) >= 11 is 0. The van der Waals surface area contributed by atoms with E-state index in [9.17, 15) is 4.79 Å². The second kappa shape index (κ2) is 7.45. The Kier molecular flexibility index (Phi) is 4.86. The molecule has 2 aromatic carbocycles. The van der Waals surface area contributed by atoms with Crippen LogP contribution in [0.1, 0.15) is 11.3 Å². The minimum atomic E-state index is 0.00941. The molecular formula is C22H25N3O2. The molecule has 1 N–H and O–H groups in total. The van der Waals surface area contributed by atoms with Crippen molar-refractivity contribution in [3.63, 3.8) is 0 Å². The molecule has 1 aromatic heterocycles. The molecule has 0 spiro atoms. The maximum Gasteiger partial charge on any atom is 0.228 e. The number of nitrogens with zero attached hydrogens (tertiary/aromatic N) is 2. The maximum atomic E-state index is 12.9. The van der Waals surface area contributed by atoms with Crippen molar-refractivity contribution in [2.45, 2.75) is 13.3 Å². The van der Waals surface area contributed by atoms with Crippen LogP contribution in [0.5, 0.6) is 0 Å². The van der Waals surface area contributed by atoms with E-state index in [1.165, 1.54) is 0 Å². The Morgan fingerprint density at radius 3 is 2.59 bits per heavy atom. The molecule has 1 amide bonds. The molecular weight excluding hydrogens is 338 g/mol. The van der Waals surface area contributed by atoms with Crippen LogP contribution < -0.4 is 10.2 Å². The topological polar surface area (TPSA) is 46.5 Å². The SMILES string of the molecule is Cc1c(CC(=O)Nc2ccccc2N2CCOCC2)c2ccccc2n1C. The number of aromatic nitrogens is 1. The maximum absolute atomic E-state index is 12.9. The Hall–Kier alpha value is -2.79. The molecule has 4 rings (SSSR count). The van der Waals surface area contributed by atoms with Crippen LogP contribution in [0.4, 0.5) is 11.4 Å². The number of carbonyl (C=O) groups is 1. The lowest BCUT2D eigenvalue weighted by Crippen LogP contribution is -2.36. The lowest BCUT2D eigenvalue weighted by atomic mass is 10.1. The van der Waals surface area contributed by atoms with Crippen LogP contribution in [0.3, 0.4) is 0 Å². The standard InChI is InChI=1S/C22H25N3O2/c1-16-18(17-7-3-5-9-20(17)24(16)2)15-22(26)23-19-8-4-6-10-21(19)25-11-13-27-14-12-25/h3-10H,11-15H2,1-2H3,(H,23,26). The van der Waals surface area contributed by atoms with Gasteiger partial charge in [-0.25, -0.2) is 0 Å². The Balaban J connectivity index is 1.57. The number of anilines is 2. The van der Waals surface area contributed by atoms with Gasteiger partial charge in [0.15, 0.2) is 0 Å². The third-order valence-electron chi connectivity index (χ3n) is 5.40. The molecule has 5 nitrogen and oxygen atoms in total. The highest BCUT2D eigenvalue weighted by Crippen LogP contribution is 2.28. The molecule has 140 valence electrons. The van der Waals surface area contributed by atoms with Crippen molar-refractivity contribution in [2.75, 3.05) is 36.5 Å². The molecule has 2 heterocycles. The van der Waals surface area contributed by atoms with Gasteiger partial charge in [0.1, 0.15) is 0 Å². The van der Waals surface area contributed by atoms with E-state index in [1.54, 1.807) is 0 Å². The summed E-state index contributed by atoms with van der Waals surface area (Å²) in [5, 5.41) is 4.27. The quantitative estimate of drug-likeness (QED) is 0.772. The van der Waals surface area contributed by atoms with Crippen LogP contribution >= 0.6 is 0 Å². The van der Waals surface area contributed by atoms with Crippen molar-refractivity contribution in [2.24, 2.45) is 7.05 Å². The van der Waals surface area contributed by atoms with Crippen LogP contribution in [0, 0.1) is 6.92 Å². The fourth-order valence-electron chi connectivity index (χ4n) is 3.84. The third kappa shape index (κ3) is 3.43. The van der Waals surface area contributed by atoms with Crippen LogP contribution in [0.2, 0.25) is 0 Å². The van der Waals surface area contributed by atoms with Gasteiger partial charge >= 0.3 is 0 Å². The predicted octanol–water partition coefficient (Wildman–Crippen LogP) is 3.50. The summed E-state index contributed by atoms with van der Waals surface area (Å²) < 4.78 is 7.60. The summed E-state index contributed by atoms with van der Waals surface area (Å²) in [4.78, 5) is 15.1. The summed E-state index contributed by atoms with van der Waals surface area (Å²) in [6.45, 7) is 5.20. The fourth-order valence-corrected chi connectivity index (χ4v) is 3.84. The van der Waals surface area contributed by atoms with Crippen molar-refractivity contribution >= 4 is 28.2 Å². The molecule has 1 fully saturated rings. The minimum absolute atomic E-state index is 0.00941. The van der Waals surface area contributed by atoms with Gasteiger partial charge in [-0.05, 0) is 30.7 Å². The highest BCUT2D eigenvalue weighted by Gasteiger charge is 2.18. The molecule has 27 heavy (non-hydrogen) atoms. The van der Waals surface area contributed by atoms with Crippen LogP contribution in [0.25, 0.3) is 10.9 Å². The first-order valence-corrected chi connectivity index (χ1v) is 9.39. The van der Waals surface area contributed by atoms with E-state index in [0.717, 1.165) is 59.8 Å². The number of morpholine rings is 1. The Morgan fingerprint density at radius 1 is 1.07 bits per heavy atom. The van der Waals surface area contributed by atoms with Crippen molar-refractivity contribution in [1.82, 2.24) is 4.57 Å². The number of hydrogen-bond acceptors (Lipinski definition) is 3. The Bertz CT molecular complexity index is 971. The van der Waals surface area contributed by atoms with E-state index in [-0.39, 0.29) is 5.91 Å². The number of ether oxygens (including phenoxy) is 1. The monoisotopic (exact) mass is 363 g/mol. The number of nitrogens with one attached hydrogen (secondary N) is 1. The summed E-state index contributed by atoms with van der Waals surface area (Å²) in [5.74, 6) is 0.00941. The van der Waals surface area contributed by atoms with Gasteiger partial charge in [0.2, 0.25) is 5.91 Å². The normalized spacial score (nSPS) is 14.5. The number of aryl methyl sites for hydroxylation is 1. The van der Waals surface area contributed by atoms with Gasteiger partial charge in [-0.1, -0.05) is 30.3 Å². The number of rotatable bonds is 4. The second-order valence-corrected chi connectivity index (χ2v) is 6.98. The Labute approximate surface area is 159 Å². The van der Waals surface area contributed by atoms with E-state index < -0.39 is 0 Å². The summed E-state index contributed by atoms with van der Waals surface area (Å²) in [6.07, 6.45) is 0.366.